The molecular formula is C39H33BN2O2. The summed E-state index contributed by atoms with van der Waals surface area (Å²) < 4.78 is 14.8. The van der Waals surface area contributed by atoms with Crippen molar-refractivity contribution in [2.24, 2.45) is 0 Å². The Kier molecular flexibility index (Phi) is 6.06. The lowest BCUT2D eigenvalue weighted by molar-refractivity contribution is 0.00578. The summed E-state index contributed by atoms with van der Waals surface area (Å²) >= 11 is 0. The average molecular weight is 573 g/mol. The van der Waals surface area contributed by atoms with E-state index < -0.39 is 0 Å². The van der Waals surface area contributed by atoms with Crippen LogP contribution >= 0.6 is 0 Å². The second kappa shape index (κ2) is 9.92. The fourth-order valence-corrected chi connectivity index (χ4v) is 6.35. The quantitative estimate of drug-likeness (QED) is 0.156. The highest BCUT2D eigenvalue weighted by Crippen LogP contribution is 2.40. The number of fused-ring (bicyclic) bond motifs is 6. The molecule has 4 nitrogen and oxygen atoms in total. The SMILES string of the molecule is CC1(C)OB(c2ccc(-c3ccc(-c4nc5c6ccccc6c6ccccc6c5n4-c4ccccc4)cc3)cc2)OC1(C)C. The minimum Gasteiger partial charge on any atom is -0.399 e. The molecule has 0 bridgehead atoms. The van der Waals surface area contributed by atoms with E-state index in [9.17, 15) is 0 Å². The van der Waals surface area contributed by atoms with Crippen LogP contribution in [0.3, 0.4) is 0 Å². The van der Waals surface area contributed by atoms with Gasteiger partial charge in [0.25, 0.3) is 0 Å². The van der Waals surface area contributed by atoms with Gasteiger partial charge in [0.15, 0.2) is 0 Å². The van der Waals surface area contributed by atoms with Gasteiger partial charge in [0.05, 0.1) is 22.2 Å². The predicted octanol–water partition coefficient (Wildman–Crippen LogP) is 8.97. The third-order valence-electron chi connectivity index (χ3n) is 9.46. The zero-order chi connectivity index (χ0) is 30.1. The number of hydrogen-bond acceptors (Lipinski definition) is 3. The fraction of sp³-hybridized carbons (Fsp3) is 0.154. The summed E-state index contributed by atoms with van der Waals surface area (Å²) in [5, 5.41) is 4.82. The molecule has 0 amide bonds. The number of para-hydroxylation sites is 1. The number of benzene rings is 6. The van der Waals surface area contributed by atoms with E-state index in [0.29, 0.717) is 0 Å². The van der Waals surface area contributed by atoms with Gasteiger partial charge in [-0.15, -0.1) is 0 Å². The first-order valence-electron chi connectivity index (χ1n) is 15.2. The van der Waals surface area contributed by atoms with Crippen LogP contribution in [0.2, 0.25) is 0 Å². The number of imidazole rings is 1. The molecule has 0 saturated carbocycles. The van der Waals surface area contributed by atoms with Gasteiger partial charge in [0.1, 0.15) is 5.82 Å². The highest BCUT2D eigenvalue weighted by atomic mass is 16.7. The standard InChI is InChI=1S/C39H33BN2O2/c1-38(2)39(3,4)44-40(43-38)29-24-22-27(23-25-29)26-18-20-28(21-19-26)37-41-35-33-16-10-8-14-31(33)32-15-9-11-17-34(32)36(35)42(37)30-12-6-5-7-13-30/h5-25H,1-4H3. The summed E-state index contributed by atoms with van der Waals surface area (Å²) in [4.78, 5) is 5.35. The molecule has 1 fully saturated rings. The Morgan fingerprint density at radius 3 is 1.61 bits per heavy atom. The summed E-state index contributed by atoms with van der Waals surface area (Å²) in [5.41, 5.74) is 6.90. The molecule has 1 aromatic heterocycles. The van der Waals surface area contributed by atoms with Crippen molar-refractivity contribution in [3.05, 3.63) is 127 Å². The van der Waals surface area contributed by atoms with E-state index in [1.165, 1.54) is 16.2 Å². The Balaban J connectivity index is 1.23. The smallest absolute Gasteiger partial charge is 0.399 e. The first-order valence-corrected chi connectivity index (χ1v) is 15.2. The Labute approximate surface area is 258 Å². The van der Waals surface area contributed by atoms with Gasteiger partial charge in [-0.05, 0) is 67.2 Å². The summed E-state index contributed by atoms with van der Waals surface area (Å²) in [7, 11) is -0.366. The minimum absolute atomic E-state index is 0.360. The topological polar surface area (TPSA) is 36.3 Å². The van der Waals surface area contributed by atoms with Crippen molar-refractivity contribution in [1.29, 1.82) is 0 Å². The van der Waals surface area contributed by atoms with Gasteiger partial charge in [-0.2, -0.15) is 0 Å². The Morgan fingerprint density at radius 2 is 1.00 bits per heavy atom. The molecule has 5 heteroatoms. The van der Waals surface area contributed by atoms with E-state index >= 15 is 0 Å². The van der Waals surface area contributed by atoms with E-state index in [-0.39, 0.29) is 18.3 Å². The number of nitrogens with zero attached hydrogens (tertiary/aromatic N) is 2. The molecule has 8 rings (SSSR count). The summed E-state index contributed by atoms with van der Waals surface area (Å²) in [6, 6.07) is 45.0. The van der Waals surface area contributed by atoms with Crippen LogP contribution in [0.15, 0.2) is 127 Å². The monoisotopic (exact) mass is 572 g/mol. The van der Waals surface area contributed by atoms with Crippen LogP contribution in [0.25, 0.3) is 60.8 Å². The first-order chi connectivity index (χ1) is 21.3. The predicted molar refractivity (Wildman–Crippen MR) is 183 cm³/mol. The zero-order valence-electron chi connectivity index (χ0n) is 25.4. The van der Waals surface area contributed by atoms with Crippen LogP contribution in [-0.4, -0.2) is 27.9 Å². The van der Waals surface area contributed by atoms with Crippen molar-refractivity contribution < 1.29 is 9.31 Å². The summed E-state index contributed by atoms with van der Waals surface area (Å²) in [6.07, 6.45) is 0. The van der Waals surface area contributed by atoms with Crippen molar-refractivity contribution in [1.82, 2.24) is 9.55 Å². The molecule has 0 atom stereocenters. The Bertz CT molecular complexity index is 2150. The molecule has 1 aliphatic heterocycles. The Morgan fingerprint density at radius 1 is 0.523 bits per heavy atom. The maximum absolute atomic E-state index is 6.26. The van der Waals surface area contributed by atoms with Crippen molar-refractivity contribution in [3.63, 3.8) is 0 Å². The minimum atomic E-state index is -0.366. The molecular weight excluding hydrogens is 539 g/mol. The molecule has 0 radical (unpaired) electrons. The summed E-state index contributed by atoms with van der Waals surface area (Å²) in [6.45, 7) is 8.33. The van der Waals surface area contributed by atoms with Crippen LogP contribution in [-0.2, 0) is 9.31 Å². The first kappa shape index (κ1) is 26.9. The molecule has 0 N–H and O–H groups in total. The van der Waals surface area contributed by atoms with E-state index in [0.717, 1.165) is 50.1 Å². The van der Waals surface area contributed by atoms with Crippen LogP contribution in [0.4, 0.5) is 0 Å². The molecule has 7 aromatic rings. The third kappa shape index (κ3) is 4.19. The number of rotatable bonds is 4. The van der Waals surface area contributed by atoms with Crippen LogP contribution in [0.5, 0.6) is 0 Å². The average Bonchev–Trinajstić information content (AvgIpc) is 3.56. The second-order valence-corrected chi connectivity index (χ2v) is 12.7. The van der Waals surface area contributed by atoms with Gasteiger partial charge in [-0.25, -0.2) is 4.98 Å². The lowest BCUT2D eigenvalue weighted by atomic mass is 9.78. The molecule has 1 saturated heterocycles. The highest BCUT2D eigenvalue weighted by Gasteiger charge is 2.51. The van der Waals surface area contributed by atoms with E-state index in [2.05, 4.69) is 160 Å². The van der Waals surface area contributed by atoms with Gasteiger partial charge in [-0.1, -0.05) is 115 Å². The molecule has 214 valence electrons. The van der Waals surface area contributed by atoms with Crippen molar-refractivity contribution in [3.8, 4) is 28.2 Å². The van der Waals surface area contributed by atoms with Crippen molar-refractivity contribution >= 4 is 45.2 Å². The maximum Gasteiger partial charge on any atom is 0.494 e. The lowest BCUT2D eigenvalue weighted by Crippen LogP contribution is -2.41. The lowest BCUT2D eigenvalue weighted by Gasteiger charge is -2.32. The van der Waals surface area contributed by atoms with Crippen LogP contribution < -0.4 is 5.46 Å². The molecule has 1 aliphatic rings. The van der Waals surface area contributed by atoms with Gasteiger partial charge >= 0.3 is 7.12 Å². The molecule has 0 unspecified atom stereocenters. The van der Waals surface area contributed by atoms with E-state index in [4.69, 9.17) is 14.3 Å². The van der Waals surface area contributed by atoms with Crippen LogP contribution in [0, 0.1) is 0 Å². The van der Waals surface area contributed by atoms with E-state index in [1.807, 2.05) is 0 Å². The van der Waals surface area contributed by atoms with Gasteiger partial charge in [0.2, 0.25) is 0 Å². The fourth-order valence-electron chi connectivity index (χ4n) is 6.35. The van der Waals surface area contributed by atoms with Gasteiger partial charge in [-0.3, -0.25) is 4.57 Å². The highest BCUT2D eigenvalue weighted by molar-refractivity contribution is 6.62. The van der Waals surface area contributed by atoms with E-state index in [1.54, 1.807) is 0 Å². The van der Waals surface area contributed by atoms with Crippen LogP contribution in [0.1, 0.15) is 27.7 Å². The normalized spacial score (nSPS) is 15.9. The van der Waals surface area contributed by atoms with Crippen molar-refractivity contribution in [2.75, 3.05) is 0 Å². The molecule has 0 spiro atoms. The second-order valence-electron chi connectivity index (χ2n) is 12.7. The maximum atomic E-state index is 6.26. The molecule has 6 aromatic carbocycles. The van der Waals surface area contributed by atoms with Crippen molar-refractivity contribution in [2.45, 2.75) is 38.9 Å². The molecule has 2 heterocycles. The molecule has 44 heavy (non-hydrogen) atoms. The summed E-state index contributed by atoms with van der Waals surface area (Å²) in [5.74, 6) is 0.926. The Hall–Kier alpha value is -4.71. The zero-order valence-corrected chi connectivity index (χ0v) is 25.4. The number of aromatic nitrogens is 2. The number of hydrogen-bond donors (Lipinski definition) is 0. The largest absolute Gasteiger partial charge is 0.494 e. The van der Waals surface area contributed by atoms with Gasteiger partial charge < -0.3 is 9.31 Å². The third-order valence-corrected chi connectivity index (χ3v) is 9.46. The molecule has 0 aliphatic carbocycles. The van der Waals surface area contributed by atoms with Gasteiger partial charge in [0, 0.05) is 22.0 Å².